The highest BCUT2D eigenvalue weighted by atomic mass is 35.5. The first kappa shape index (κ1) is 14.7. The second-order valence-electron chi connectivity index (χ2n) is 5.11. The highest BCUT2D eigenvalue weighted by molar-refractivity contribution is 5.85. The third-order valence-corrected chi connectivity index (χ3v) is 3.95. The van der Waals surface area contributed by atoms with Crippen molar-refractivity contribution in [3.63, 3.8) is 0 Å². The number of carbonyl (C=O) groups excluding carboxylic acids is 1. The van der Waals surface area contributed by atoms with Crippen LogP contribution in [0.2, 0.25) is 0 Å². The van der Waals surface area contributed by atoms with Gasteiger partial charge in [-0.15, -0.1) is 12.4 Å². The Morgan fingerprint density at radius 1 is 1.35 bits per heavy atom. The fraction of sp³-hybridized carbons (Fsp3) is 0.917. The predicted molar refractivity (Wildman–Crippen MR) is 69.1 cm³/mol. The lowest BCUT2D eigenvalue weighted by atomic mass is 9.82. The molecule has 3 unspecified atom stereocenters. The molecule has 2 rings (SSSR count). The second kappa shape index (κ2) is 6.57. The van der Waals surface area contributed by atoms with Crippen LogP contribution in [0.15, 0.2) is 0 Å². The Balaban J connectivity index is 0.00000144. The first-order valence-electron chi connectivity index (χ1n) is 6.25. The van der Waals surface area contributed by atoms with E-state index in [-0.39, 0.29) is 18.3 Å². The molecule has 0 radical (unpaired) electrons. The van der Waals surface area contributed by atoms with Gasteiger partial charge in [0.1, 0.15) is 6.04 Å². The second-order valence-corrected chi connectivity index (χ2v) is 5.11. The SMILES string of the molecule is COCC(N)C(=O)N1CC2CCCCC2C1.Cl. The summed E-state index contributed by atoms with van der Waals surface area (Å²) in [5.41, 5.74) is 5.78. The standard InChI is InChI=1S/C12H22N2O2.ClH/c1-16-8-11(13)12(15)14-6-9-4-2-3-5-10(9)7-14;/h9-11H,2-8,13H2,1H3;1H. The highest BCUT2D eigenvalue weighted by Crippen LogP contribution is 2.36. The Labute approximate surface area is 109 Å². The summed E-state index contributed by atoms with van der Waals surface area (Å²) in [6.45, 7) is 2.16. The first-order chi connectivity index (χ1) is 7.72. The van der Waals surface area contributed by atoms with Gasteiger partial charge in [-0.1, -0.05) is 12.8 Å². The third-order valence-electron chi connectivity index (χ3n) is 3.95. The van der Waals surface area contributed by atoms with E-state index in [0.717, 1.165) is 24.9 Å². The van der Waals surface area contributed by atoms with Crippen LogP contribution < -0.4 is 5.73 Å². The van der Waals surface area contributed by atoms with Crippen LogP contribution in [-0.2, 0) is 9.53 Å². The van der Waals surface area contributed by atoms with Crippen LogP contribution in [0.3, 0.4) is 0 Å². The lowest BCUT2D eigenvalue weighted by Crippen LogP contribution is -2.45. The Bertz CT molecular complexity index is 249. The zero-order valence-electron chi connectivity index (χ0n) is 10.4. The van der Waals surface area contributed by atoms with E-state index in [1.807, 2.05) is 4.90 Å². The maximum absolute atomic E-state index is 12.0. The van der Waals surface area contributed by atoms with Gasteiger partial charge in [0.25, 0.3) is 0 Å². The summed E-state index contributed by atoms with van der Waals surface area (Å²) in [4.78, 5) is 13.9. The minimum atomic E-state index is -0.481. The zero-order valence-corrected chi connectivity index (χ0v) is 11.2. The molecule has 0 bridgehead atoms. The molecule has 1 aliphatic heterocycles. The van der Waals surface area contributed by atoms with E-state index in [0.29, 0.717) is 6.61 Å². The van der Waals surface area contributed by atoms with Crippen molar-refractivity contribution in [2.75, 3.05) is 26.8 Å². The van der Waals surface area contributed by atoms with Crippen LogP contribution >= 0.6 is 12.4 Å². The van der Waals surface area contributed by atoms with Crippen molar-refractivity contribution in [3.05, 3.63) is 0 Å². The largest absolute Gasteiger partial charge is 0.383 e. The van der Waals surface area contributed by atoms with Crippen LogP contribution in [0, 0.1) is 11.8 Å². The molecule has 1 heterocycles. The summed E-state index contributed by atoms with van der Waals surface area (Å²) < 4.78 is 4.93. The number of fused-ring (bicyclic) bond motifs is 1. The van der Waals surface area contributed by atoms with E-state index in [4.69, 9.17) is 10.5 Å². The van der Waals surface area contributed by atoms with Gasteiger partial charge < -0.3 is 15.4 Å². The van der Waals surface area contributed by atoms with Crippen molar-refractivity contribution in [1.82, 2.24) is 4.90 Å². The Hall–Kier alpha value is -0.320. The van der Waals surface area contributed by atoms with E-state index >= 15 is 0 Å². The third kappa shape index (κ3) is 3.33. The molecule has 1 saturated carbocycles. The van der Waals surface area contributed by atoms with Crippen LogP contribution in [0.25, 0.3) is 0 Å². The lowest BCUT2D eigenvalue weighted by Gasteiger charge is -2.22. The summed E-state index contributed by atoms with van der Waals surface area (Å²) >= 11 is 0. The molecule has 4 nitrogen and oxygen atoms in total. The molecule has 3 atom stereocenters. The molecule has 0 spiro atoms. The molecule has 0 aromatic heterocycles. The predicted octanol–water partition coefficient (Wildman–Crippen LogP) is 1.03. The Kier molecular flexibility index (Phi) is 5.70. The van der Waals surface area contributed by atoms with Gasteiger partial charge in [-0.05, 0) is 24.7 Å². The van der Waals surface area contributed by atoms with Crippen molar-refractivity contribution in [2.45, 2.75) is 31.7 Å². The normalized spacial score (nSPS) is 29.4. The minimum Gasteiger partial charge on any atom is -0.383 e. The fourth-order valence-corrected chi connectivity index (χ4v) is 3.07. The average Bonchev–Trinajstić information content (AvgIpc) is 2.71. The summed E-state index contributed by atoms with van der Waals surface area (Å²) in [6.07, 6.45) is 5.22. The number of halogens is 1. The van der Waals surface area contributed by atoms with E-state index in [2.05, 4.69) is 0 Å². The zero-order chi connectivity index (χ0) is 11.5. The number of carbonyl (C=O) groups is 1. The number of methoxy groups -OCH3 is 1. The van der Waals surface area contributed by atoms with Gasteiger partial charge in [0.05, 0.1) is 6.61 Å². The minimum absolute atomic E-state index is 0. The highest BCUT2D eigenvalue weighted by Gasteiger charge is 2.37. The van der Waals surface area contributed by atoms with Crippen molar-refractivity contribution in [1.29, 1.82) is 0 Å². The van der Waals surface area contributed by atoms with Crippen molar-refractivity contribution in [3.8, 4) is 0 Å². The summed E-state index contributed by atoms with van der Waals surface area (Å²) in [7, 11) is 1.58. The molecule has 2 N–H and O–H groups in total. The van der Waals surface area contributed by atoms with Gasteiger partial charge in [-0.3, -0.25) is 4.79 Å². The number of rotatable bonds is 3. The summed E-state index contributed by atoms with van der Waals surface area (Å²) in [5.74, 6) is 1.52. The summed E-state index contributed by atoms with van der Waals surface area (Å²) in [6, 6.07) is -0.481. The molecule has 2 aliphatic rings. The molecule has 17 heavy (non-hydrogen) atoms. The molecule has 100 valence electrons. The van der Waals surface area contributed by atoms with E-state index in [1.54, 1.807) is 7.11 Å². The number of hydrogen-bond acceptors (Lipinski definition) is 3. The van der Waals surface area contributed by atoms with Crippen LogP contribution in [-0.4, -0.2) is 43.7 Å². The monoisotopic (exact) mass is 262 g/mol. The van der Waals surface area contributed by atoms with E-state index in [1.165, 1.54) is 25.7 Å². The molecule has 1 amide bonds. The number of hydrogen-bond donors (Lipinski definition) is 1. The molecule has 5 heteroatoms. The molecular weight excluding hydrogens is 240 g/mol. The van der Waals surface area contributed by atoms with Gasteiger partial charge >= 0.3 is 0 Å². The van der Waals surface area contributed by atoms with Gasteiger partial charge in [0.2, 0.25) is 5.91 Å². The number of likely N-dealkylation sites (tertiary alicyclic amines) is 1. The summed E-state index contributed by atoms with van der Waals surface area (Å²) in [5, 5.41) is 0. The van der Waals surface area contributed by atoms with Gasteiger partial charge in [-0.25, -0.2) is 0 Å². The smallest absolute Gasteiger partial charge is 0.241 e. The Morgan fingerprint density at radius 2 is 1.88 bits per heavy atom. The quantitative estimate of drug-likeness (QED) is 0.827. The van der Waals surface area contributed by atoms with Gasteiger partial charge in [-0.2, -0.15) is 0 Å². The molecule has 0 aromatic carbocycles. The molecule has 1 aliphatic carbocycles. The number of ether oxygens (including phenoxy) is 1. The Morgan fingerprint density at radius 3 is 2.35 bits per heavy atom. The topological polar surface area (TPSA) is 55.6 Å². The van der Waals surface area contributed by atoms with Gasteiger partial charge in [0, 0.05) is 20.2 Å². The first-order valence-corrected chi connectivity index (χ1v) is 6.25. The van der Waals surface area contributed by atoms with Crippen molar-refractivity contribution in [2.24, 2.45) is 17.6 Å². The fourth-order valence-electron chi connectivity index (χ4n) is 3.07. The molecule has 0 aromatic rings. The molecular formula is C12H23ClN2O2. The van der Waals surface area contributed by atoms with Crippen LogP contribution in [0.5, 0.6) is 0 Å². The van der Waals surface area contributed by atoms with Crippen molar-refractivity contribution >= 4 is 18.3 Å². The number of nitrogens with zero attached hydrogens (tertiary/aromatic N) is 1. The maximum Gasteiger partial charge on any atom is 0.241 e. The van der Waals surface area contributed by atoms with E-state index in [9.17, 15) is 4.79 Å². The molecule has 2 fully saturated rings. The van der Waals surface area contributed by atoms with Crippen LogP contribution in [0.1, 0.15) is 25.7 Å². The lowest BCUT2D eigenvalue weighted by molar-refractivity contribution is -0.132. The number of nitrogens with two attached hydrogens (primary N) is 1. The molecule has 1 saturated heterocycles. The number of amides is 1. The van der Waals surface area contributed by atoms with Crippen LogP contribution in [0.4, 0.5) is 0 Å². The van der Waals surface area contributed by atoms with E-state index < -0.39 is 6.04 Å². The van der Waals surface area contributed by atoms with Gasteiger partial charge in [0.15, 0.2) is 0 Å². The van der Waals surface area contributed by atoms with Crippen molar-refractivity contribution < 1.29 is 9.53 Å². The maximum atomic E-state index is 12.0. The average molecular weight is 263 g/mol.